The number of aromatic nitrogens is 5. The number of pyridine rings is 1. The summed E-state index contributed by atoms with van der Waals surface area (Å²) < 4.78 is 7.97. The Morgan fingerprint density at radius 1 is 0.672 bits per heavy atom. The molecular formula is C50H46N6O2. The molecule has 2 aromatic heterocycles. The first-order chi connectivity index (χ1) is 28.3. The van der Waals surface area contributed by atoms with Crippen molar-refractivity contribution in [3.63, 3.8) is 0 Å². The highest BCUT2D eigenvalue weighted by Crippen LogP contribution is 2.43. The maximum absolute atomic E-state index is 14.0. The van der Waals surface area contributed by atoms with Gasteiger partial charge >= 0.3 is 6.09 Å². The minimum atomic E-state index is -0.890. The molecule has 1 amide bonds. The van der Waals surface area contributed by atoms with Gasteiger partial charge in [-0.2, -0.15) is 0 Å². The molecule has 0 atom stereocenters. The van der Waals surface area contributed by atoms with Crippen LogP contribution in [0.1, 0.15) is 62.1 Å². The molecule has 8 nitrogen and oxygen atoms in total. The molecule has 0 saturated carbocycles. The number of para-hydroxylation sites is 1. The largest absolute Gasteiger partial charge is 0.443 e. The number of nitrogens with zero attached hydrogens (tertiary/aromatic N) is 6. The van der Waals surface area contributed by atoms with Crippen LogP contribution in [0.2, 0.25) is 0 Å². The number of aryl methyl sites for hydroxylation is 1. The Morgan fingerprint density at radius 2 is 1.22 bits per heavy atom. The number of amides is 1. The predicted octanol–water partition coefficient (Wildman–Crippen LogP) is 11.3. The Labute approximate surface area is 339 Å². The second kappa shape index (κ2) is 16.3. The number of ether oxygens (including phenoxy) is 1. The van der Waals surface area contributed by atoms with Gasteiger partial charge in [0.1, 0.15) is 11.1 Å². The summed E-state index contributed by atoms with van der Waals surface area (Å²) in [4.78, 5) is 20.7. The van der Waals surface area contributed by atoms with Gasteiger partial charge in [-0.3, -0.25) is 9.88 Å². The van der Waals surface area contributed by atoms with Gasteiger partial charge in [-0.15, -0.1) is 5.10 Å². The van der Waals surface area contributed by atoms with Gasteiger partial charge in [-0.1, -0.05) is 171 Å². The molecule has 288 valence electrons. The summed E-state index contributed by atoms with van der Waals surface area (Å²) in [5.41, 5.74) is 7.89. The Morgan fingerprint density at radius 3 is 1.81 bits per heavy atom. The maximum atomic E-state index is 14.0. The number of carbonyl (C=O) groups excluding carboxylic acids is 1. The van der Waals surface area contributed by atoms with Crippen LogP contribution in [0.25, 0.3) is 33.4 Å². The third kappa shape index (κ3) is 7.49. The first kappa shape index (κ1) is 38.0. The number of benzene rings is 6. The van der Waals surface area contributed by atoms with E-state index in [2.05, 4.69) is 121 Å². The summed E-state index contributed by atoms with van der Waals surface area (Å²) in [6.07, 6.45) is 1.34. The lowest BCUT2D eigenvalue weighted by atomic mass is 9.77. The van der Waals surface area contributed by atoms with E-state index in [1.165, 1.54) is 0 Å². The van der Waals surface area contributed by atoms with E-state index < -0.39 is 17.2 Å². The minimum absolute atomic E-state index is 0.308. The fourth-order valence-corrected chi connectivity index (χ4v) is 7.77. The van der Waals surface area contributed by atoms with Crippen LogP contribution in [0.15, 0.2) is 170 Å². The molecule has 0 aliphatic rings. The van der Waals surface area contributed by atoms with Crippen molar-refractivity contribution in [2.45, 2.75) is 58.2 Å². The van der Waals surface area contributed by atoms with Crippen molar-refractivity contribution in [3.05, 3.63) is 198 Å². The van der Waals surface area contributed by atoms with Gasteiger partial charge in [-0.25, -0.2) is 9.48 Å². The lowest BCUT2D eigenvalue weighted by molar-refractivity contribution is 0.0578. The molecule has 8 aromatic rings. The van der Waals surface area contributed by atoms with Crippen LogP contribution in [0.5, 0.6) is 0 Å². The molecular weight excluding hydrogens is 717 g/mol. The summed E-state index contributed by atoms with van der Waals surface area (Å²) in [6, 6.07) is 57.8. The maximum Gasteiger partial charge on any atom is 0.415 e. The molecule has 0 N–H and O–H groups in total. The second-order valence-electron chi connectivity index (χ2n) is 15.4. The van der Waals surface area contributed by atoms with Crippen LogP contribution in [0.3, 0.4) is 0 Å². The molecule has 0 radical (unpaired) electrons. The highest BCUT2D eigenvalue weighted by Gasteiger charge is 2.42. The second-order valence-corrected chi connectivity index (χ2v) is 15.4. The zero-order valence-electron chi connectivity index (χ0n) is 33.3. The van der Waals surface area contributed by atoms with E-state index in [9.17, 15) is 4.79 Å². The van der Waals surface area contributed by atoms with Gasteiger partial charge in [0.15, 0.2) is 5.82 Å². The molecule has 0 unspecified atom stereocenters. The van der Waals surface area contributed by atoms with Crippen LogP contribution >= 0.6 is 0 Å². The number of anilines is 1. The van der Waals surface area contributed by atoms with Crippen molar-refractivity contribution in [1.82, 2.24) is 25.2 Å². The van der Waals surface area contributed by atoms with Crippen molar-refractivity contribution in [2.75, 3.05) is 4.90 Å². The van der Waals surface area contributed by atoms with Gasteiger partial charge in [0.05, 0.1) is 17.7 Å². The molecule has 0 spiro atoms. The zero-order chi connectivity index (χ0) is 40.1. The Kier molecular flexibility index (Phi) is 10.7. The first-order valence-electron chi connectivity index (χ1n) is 19.8. The lowest BCUT2D eigenvalue weighted by Crippen LogP contribution is -2.39. The zero-order valence-corrected chi connectivity index (χ0v) is 33.3. The number of fused-ring (bicyclic) bond motifs is 1. The number of hydrogen-bond donors (Lipinski definition) is 0. The van der Waals surface area contributed by atoms with E-state index >= 15 is 0 Å². The topological polar surface area (TPSA) is 86.0 Å². The Bertz CT molecular complexity index is 2540. The molecule has 0 bridgehead atoms. The predicted molar refractivity (Wildman–Crippen MR) is 231 cm³/mol. The third-order valence-corrected chi connectivity index (χ3v) is 10.3. The van der Waals surface area contributed by atoms with Gasteiger partial charge in [-0.05, 0) is 83.1 Å². The van der Waals surface area contributed by atoms with Crippen molar-refractivity contribution >= 4 is 22.7 Å². The minimum Gasteiger partial charge on any atom is -0.443 e. The lowest BCUT2D eigenvalue weighted by Gasteiger charge is -2.36. The average Bonchev–Trinajstić information content (AvgIpc) is 3.74. The van der Waals surface area contributed by atoms with E-state index in [1.54, 1.807) is 4.90 Å². The molecule has 8 heteroatoms. The smallest absolute Gasteiger partial charge is 0.415 e. The van der Waals surface area contributed by atoms with Gasteiger partial charge in [0, 0.05) is 16.6 Å². The molecule has 6 aromatic carbocycles. The van der Waals surface area contributed by atoms with E-state index in [0.717, 1.165) is 74.1 Å². The molecule has 0 saturated heterocycles. The standard InChI is InChI=1S/C50H46N6O2/c1-5-19-41-34-46(44-28-17-18-29-45(44)51-41)55(48(57)58-49(2,3)4)35-36-30-32-37(33-31-36)42-26-15-16-27-43(42)47-52-53-54-56(47)50(38-20-9-6-10-21-38,39-22-11-7-12-23-39)40-24-13-8-14-25-40/h6-18,20-34H,5,19,35H2,1-4H3. The molecule has 8 rings (SSSR count). The quantitative estimate of drug-likeness (QED) is 0.122. The van der Waals surface area contributed by atoms with Crippen LogP contribution < -0.4 is 4.90 Å². The van der Waals surface area contributed by atoms with E-state index in [4.69, 9.17) is 20.0 Å². The SMILES string of the molecule is CCCc1cc(N(Cc2ccc(-c3ccccc3-c3nnnn3C(c3ccccc3)(c3ccccc3)c3ccccc3)cc2)C(=O)OC(C)(C)C)c2ccccc2n1. The summed E-state index contributed by atoms with van der Waals surface area (Å²) in [7, 11) is 0. The van der Waals surface area contributed by atoms with Crippen LogP contribution in [0, 0.1) is 0 Å². The Balaban J connectivity index is 1.21. The van der Waals surface area contributed by atoms with Crippen LogP contribution in [-0.4, -0.2) is 36.9 Å². The number of carbonyl (C=O) groups is 1. The Hall–Kier alpha value is -6.93. The highest BCUT2D eigenvalue weighted by atomic mass is 16.6. The fourth-order valence-electron chi connectivity index (χ4n) is 7.77. The highest BCUT2D eigenvalue weighted by molar-refractivity contribution is 6.00. The monoisotopic (exact) mass is 762 g/mol. The molecule has 0 fully saturated rings. The van der Waals surface area contributed by atoms with Crippen LogP contribution in [-0.2, 0) is 23.2 Å². The first-order valence-corrected chi connectivity index (χ1v) is 19.8. The molecule has 58 heavy (non-hydrogen) atoms. The van der Waals surface area contributed by atoms with E-state index in [1.807, 2.05) is 86.1 Å². The average molecular weight is 763 g/mol. The number of hydrogen-bond acceptors (Lipinski definition) is 6. The number of tetrazole rings is 1. The van der Waals surface area contributed by atoms with Gasteiger partial charge in [0.2, 0.25) is 0 Å². The summed E-state index contributed by atoms with van der Waals surface area (Å²) in [6.45, 7) is 8.12. The van der Waals surface area contributed by atoms with Crippen molar-refractivity contribution in [3.8, 4) is 22.5 Å². The fraction of sp³-hybridized carbons (Fsp3) is 0.180. The van der Waals surface area contributed by atoms with Gasteiger partial charge in [0.25, 0.3) is 0 Å². The van der Waals surface area contributed by atoms with Crippen molar-refractivity contribution in [2.24, 2.45) is 0 Å². The van der Waals surface area contributed by atoms with Crippen molar-refractivity contribution < 1.29 is 9.53 Å². The summed E-state index contributed by atoms with van der Waals surface area (Å²) in [5.74, 6) is 0.625. The molecule has 2 heterocycles. The normalized spacial score (nSPS) is 11.7. The summed E-state index contributed by atoms with van der Waals surface area (Å²) in [5, 5.41) is 14.8. The number of rotatable bonds is 11. The third-order valence-electron chi connectivity index (χ3n) is 10.3. The molecule has 0 aliphatic carbocycles. The van der Waals surface area contributed by atoms with E-state index in [-0.39, 0.29) is 0 Å². The summed E-state index contributed by atoms with van der Waals surface area (Å²) >= 11 is 0. The van der Waals surface area contributed by atoms with E-state index in [0.29, 0.717) is 12.4 Å². The van der Waals surface area contributed by atoms with Gasteiger partial charge < -0.3 is 4.74 Å². The van der Waals surface area contributed by atoms with Crippen molar-refractivity contribution in [1.29, 1.82) is 0 Å². The molecule has 0 aliphatic heterocycles. The van der Waals surface area contributed by atoms with Crippen LogP contribution in [0.4, 0.5) is 10.5 Å².